The van der Waals surface area contributed by atoms with Crippen molar-refractivity contribution >= 4 is 63.9 Å². The van der Waals surface area contributed by atoms with Gasteiger partial charge in [0.15, 0.2) is 5.78 Å². The van der Waals surface area contributed by atoms with Crippen molar-refractivity contribution in [2.75, 3.05) is 0 Å². The number of rotatable bonds is 21. The van der Waals surface area contributed by atoms with Gasteiger partial charge in [0.1, 0.15) is 46.4 Å². The smallest absolute Gasteiger partial charge is 0.325 e. The second-order valence-electron chi connectivity index (χ2n) is 19.2. The van der Waals surface area contributed by atoms with Crippen molar-refractivity contribution in [1.82, 2.24) is 37.2 Å². The van der Waals surface area contributed by atoms with Crippen molar-refractivity contribution in [3.05, 3.63) is 119 Å². The van der Waals surface area contributed by atoms with Gasteiger partial charge in [-0.25, -0.2) is 0 Å². The van der Waals surface area contributed by atoms with Crippen molar-refractivity contribution in [1.29, 1.82) is 0 Å². The largest absolute Gasteiger partial charge is 0.480 e. The van der Waals surface area contributed by atoms with E-state index < -0.39 is 93.7 Å². The third kappa shape index (κ3) is 15.0. The third-order valence-electron chi connectivity index (χ3n) is 11.2. The monoisotopic (exact) mass is 949 g/mol. The summed E-state index contributed by atoms with van der Waals surface area (Å²) in [6, 6.07) is 22.9. The van der Waals surface area contributed by atoms with Crippen LogP contribution in [0.2, 0.25) is 0 Å². The lowest BCUT2D eigenvalue weighted by Crippen LogP contribution is -2.65. The van der Waals surface area contributed by atoms with Gasteiger partial charge in [-0.2, -0.15) is 0 Å². The standard InChI is InChI=1S/C51H63N7O11/c1-29(52-44(65)48(3,4)58-42(62)38(55-47(68)51(9,10)69)28-32-22-23-33-16-14-15-19-36(33)26-32)40(60)56-50(7,8)46(67)54-37(41(61)57-49(5,6)45(66)53-30(2)43(63)64)27-31-20-24-35(25-21-31)39(59)34-17-12-11-13-18-34/h11-26,29-30,37-38,69H,27-28H2,1-10H3,(H,52,65)(H,53,66)(H,54,67)(H,55,68)(H,56,60)(H,57,61)(H,58,62)(H,63,64). The fraction of sp³-hybridized carbons (Fsp3) is 0.392. The van der Waals surface area contributed by atoms with E-state index in [4.69, 9.17) is 0 Å². The Morgan fingerprint density at radius 3 is 1.38 bits per heavy atom. The molecule has 0 bridgehead atoms. The van der Waals surface area contributed by atoms with Gasteiger partial charge in [-0.05, 0) is 91.1 Å². The summed E-state index contributed by atoms with van der Waals surface area (Å²) in [4.78, 5) is 119. The van der Waals surface area contributed by atoms with Gasteiger partial charge in [0.05, 0.1) is 0 Å². The first-order valence-electron chi connectivity index (χ1n) is 22.3. The summed E-state index contributed by atoms with van der Waals surface area (Å²) in [7, 11) is 0. The minimum Gasteiger partial charge on any atom is -0.480 e. The van der Waals surface area contributed by atoms with Gasteiger partial charge in [-0.15, -0.1) is 0 Å². The molecule has 0 radical (unpaired) electrons. The maximum absolute atomic E-state index is 14.0. The van der Waals surface area contributed by atoms with Crippen LogP contribution in [-0.2, 0) is 51.2 Å². The van der Waals surface area contributed by atoms with E-state index in [2.05, 4.69) is 37.2 Å². The lowest BCUT2D eigenvalue weighted by atomic mass is 9.97. The van der Waals surface area contributed by atoms with Crippen molar-refractivity contribution < 1.29 is 53.4 Å². The Hall–Kier alpha value is -7.47. The van der Waals surface area contributed by atoms with Crippen molar-refractivity contribution in [3.8, 4) is 0 Å². The number of fused-ring (bicyclic) bond motifs is 1. The number of carboxylic acid groups (broad SMARTS) is 1. The molecule has 4 atom stereocenters. The second-order valence-corrected chi connectivity index (χ2v) is 19.2. The molecule has 368 valence electrons. The van der Waals surface area contributed by atoms with Crippen LogP contribution in [0.5, 0.6) is 0 Å². The highest BCUT2D eigenvalue weighted by molar-refractivity contribution is 6.09. The molecule has 0 spiro atoms. The minimum absolute atomic E-state index is 0.00979. The topological polar surface area (TPSA) is 278 Å². The predicted octanol–water partition coefficient (Wildman–Crippen LogP) is 2.37. The molecule has 18 nitrogen and oxygen atoms in total. The zero-order valence-electron chi connectivity index (χ0n) is 40.5. The molecule has 0 aliphatic carbocycles. The fourth-order valence-corrected chi connectivity index (χ4v) is 6.74. The van der Waals surface area contributed by atoms with Crippen LogP contribution in [0.3, 0.4) is 0 Å². The maximum atomic E-state index is 14.0. The first-order valence-corrected chi connectivity index (χ1v) is 22.3. The van der Waals surface area contributed by atoms with Crippen molar-refractivity contribution in [2.24, 2.45) is 0 Å². The molecule has 0 saturated carbocycles. The van der Waals surface area contributed by atoms with Crippen LogP contribution in [0.25, 0.3) is 10.8 Å². The number of hydrogen-bond donors (Lipinski definition) is 9. The average molecular weight is 950 g/mol. The Bertz CT molecular complexity index is 2590. The summed E-state index contributed by atoms with van der Waals surface area (Å²) < 4.78 is 0. The molecule has 7 amide bonds. The summed E-state index contributed by atoms with van der Waals surface area (Å²) >= 11 is 0. The van der Waals surface area contributed by atoms with Crippen LogP contribution in [0.4, 0.5) is 0 Å². The zero-order chi connectivity index (χ0) is 51.6. The SMILES string of the molecule is CC(NC(=O)C(C)(C)NC(=O)C(Cc1ccc(C(=O)c2ccccc2)cc1)NC(=O)C(C)(C)NC(=O)C(C)NC(=O)C(C)(C)NC(=O)C(Cc1ccc2ccccc2c1)NC(=O)C(C)(C)O)C(=O)O. The lowest BCUT2D eigenvalue weighted by Gasteiger charge is -2.32. The van der Waals surface area contributed by atoms with Gasteiger partial charge in [-0.3, -0.25) is 43.2 Å². The van der Waals surface area contributed by atoms with E-state index in [1.165, 1.54) is 69.2 Å². The predicted molar refractivity (Wildman–Crippen MR) is 257 cm³/mol. The molecule has 9 N–H and O–H groups in total. The van der Waals surface area contributed by atoms with Crippen LogP contribution < -0.4 is 37.2 Å². The number of carbonyl (C=O) groups excluding carboxylic acids is 8. The van der Waals surface area contributed by atoms with Gasteiger partial charge >= 0.3 is 5.97 Å². The van der Waals surface area contributed by atoms with Crippen molar-refractivity contribution in [3.63, 3.8) is 0 Å². The van der Waals surface area contributed by atoms with E-state index in [0.29, 0.717) is 22.3 Å². The zero-order valence-corrected chi connectivity index (χ0v) is 40.5. The van der Waals surface area contributed by atoms with Gasteiger partial charge < -0.3 is 47.4 Å². The molecule has 4 unspecified atom stereocenters. The first kappa shape index (κ1) is 54.1. The highest BCUT2D eigenvalue weighted by atomic mass is 16.4. The molecule has 0 saturated heterocycles. The Morgan fingerprint density at radius 1 is 0.464 bits per heavy atom. The number of nitrogens with one attached hydrogen (secondary N) is 7. The van der Waals surface area contributed by atoms with E-state index in [1.807, 2.05) is 36.4 Å². The van der Waals surface area contributed by atoms with E-state index in [1.54, 1.807) is 60.7 Å². The number of amides is 7. The van der Waals surface area contributed by atoms with E-state index in [9.17, 15) is 53.4 Å². The minimum atomic E-state index is -1.83. The van der Waals surface area contributed by atoms with Crippen LogP contribution in [0, 0.1) is 0 Å². The number of aliphatic carboxylic acids is 1. The molecule has 0 aromatic heterocycles. The van der Waals surface area contributed by atoms with Gasteiger partial charge in [0, 0.05) is 24.0 Å². The summed E-state index contributed by atoms with van der Waals surface area (Å²) in [6.45, 7) is 13.4. The molecule has 69 heavy (non-hydrogen) atoms. The van der Waals surface area contributed by atoms with E-state index in [-0.39, 0.29) is 18.6 Å². The number of carboxylic acids is 1. The molecular formula is C51H63N7O11. The first-order chi connectivity index (χ1) is 32.0. The summed E-state index contributed by atoms with van der Waals surface area (Å²) in [5.74, 6) is -7.20. The molecule has 18 heteroatoms. The van der Waals surface area contributed by atoms with Gasteiger partial charge in [0.2, 0.25) is 35.4 Å². The molecule has 4 rings (SSSR count). The normalized spacial score (nSPS) is 13.6. The Morgan fingerprint density at radius 2 is 0.870 bits per heavy atom. The van der Waals surface area contributed by atoms with Gasteiger partial charge in [-0.1, -0.05) is 97.1 Å². The maximum Gasteiger partial charge on any atom is 0.325 e. The van der Waals surface area contributed by atoms with E-state index >= 15 is 0 Å². The molecule has 4 aromatic carbocycles. The third-order valence-corrected chi connectivity index (χ3v) is 11.2. The Balaban J connectivity index is 1.47. The molecule has 0 aliphatic rings. The summed E-state index contributed by atoms with van der Waals surface area (Å²) in [6.07, 6.45) is -0.141. The second kappa shape index (κ2) is 22.1. The molecular weight excluding hydrogens is 887 g/mol. The van der Waals surface area contributed by atoms with Crippen LogP contribution in [0.15, 0.2) is 97.1 Å². The number of carbonyl (C=O) groups is 9. The van der Waals surface area contributed by atoms with E-state index in [0.717, 1.165) is 10.8 Å². The average Bonchev–Trinajstić information content (AvgIpc) is 3.27. The Kier molecular flexibility index (Phi) is 17.3. The quantitative estimate of drug-likeness (QED) is 0.0547. The van der Waals surface area contributed by atoms with Crippen LogP contribution in [0.1, 0.15) is 96.3 Å². The highest BCUT2D eigenvalue weighted by Gasteiger charge is 2.40. The summed E-state index contributed by atoms with van der Waals surface area (Å²) in [5.41, 5.74) is -4.85. The molecule has 0 fully saturated rings. The Labute approximate surface area is 401 Å². The number of hydrogen-bond acceptors (Lipinski definition) is 10. The fourth-order valence-electron chi connectivity index (χ4n) is 6.74. The van der Waals surface area contributed by atoms with Crippen molar-refractivity contribution in [2.45, 2.75) is 128 Å². The molecule has 4 aromatic rings. The lowest BCUT2D eigenvalue weighted by molar-refractivity contribution is -0.143. The van der Waals surface area contributed by atoms with Crippen LogP contribution >= 0.6 is 0 Å². The summed E-state index contributed by atoms with van der Waals surface area (Å²) in [5, 5.41) is 39.4. The highest BCUT2D eigenvalue weighted by Crippen LogP contribution is 2.19. The molecule has 0 heterocycles. The van der Waals surface area contributed by atoms with Crippen LogP contribution in [-0.4, -0.2) is 110 Å². The molecule has 0 aliphatic heterocycles. The number of aliphatic hydroxyl groups is 1. The van der Waals surface area contributed by atoms with Gasteiger partial charge in [0.25, 0.3) is 5.91 Å². The number of benzene rings is 4. The number of ketones is 1.